The number of carbonyl (C=O) groups excluding carboxylic acids is 2. The molecule has 0 spiro atoms. The van der Waals surface area contributed by atoms with Crippen molar-refractivity contribution in [1.29, 1.82) is 0 Å². The molecular formula is C20H20ClFN2O5S. The van der Waals surface area contributed by atoms with Crippen LogP contribution in [0.15, 0.2) is 41.3 Å². The Hall–Kier alpha value is -2.65. The molecule has 1 N–H and O–H groups in total. The SMILES string of the molecule is COc1ccc(Cl)cc1C(=O)N1CCCC1C(=O)Nc1cc(S(C)(=O)=O)ccc1F. The van der Waals surface area contributed by atoms with Crippen molar-refractivity contribution in [2.75, 3.05) is 25.2 Å². The van der Waals surface area contributed by atoms with Crippen molar-refractivity contribution in [2.24, 2.45) is 0 Å². The molecule has 1 fully saturated rings. The van der Waals surface area contributed by atoms with E-state index in [1.54, 1.807) is 12.1 Å². The number of sulfone groups is 1. The third-order valence-corrected chi connectivity index (χ3v) is 6.18. The van der Waals surface area contributed by atoms with Gasteiger partial charge < -0.3 is 15.0 Å². The molecule has 1 saturated heterocycles. The Balaban J connectivity index is 1.85. The smallest absolute Gasteiger partial charge is 0.258 e. The fourth-order valence-corrected chi connectivity index (χ4v) is 4.15. The van der Waals surface area contributed by atoms with Crippen LogP contribution in [0.1, 0.15) is 23.2 Å². The average molecular weight is 455 g/mol. The quantitative estimate of drug-likeness (QED) is 0.700. The Kier molecular flexibility index (Phi) is 6.33. The molecule has 0 bridgehead atoms. The number of ether oxygens (including phenoxy) is 1. The van der Waals surface area contributed by atoms with Crippen molar-refractivity contribution in [1.82, 2.24) is 4.90 Å². The van der Waals surface area contributed by atoms with Gasteiger partial charge in [0.05, 0.1) is 23.3 Å². The monoisotopic (exact) mass is 454 g/mol. The normalized spacial score (nSPS) is 16.4. The van der Waals surface area contributed by atoms with E-state index in [1.807, 2.05) is 0 Å². The van der Waals surface area contributed by atoms with Crippen LogP contribution in [0.5, 0.6) is 5.75 Å². The Morgan fingerprint density at radius 1 is 1.23 bits per heavy atom. The highest BCUT2D eigenvalue weighted by Gasteiger charge is 2.36. The summed E-state index contributed by atoms with van der Waals surface area (Å²) in [5.41, 5.74) is -0.0440. The Morgan fingerprint density at radius 2 is 1.97 bits per heavy atom. The molecule has 10 heteroatoms. The Morgan fingerprint density at radius 3 is 2.63 bits per heavy atom. The lowest BCUT2D eigenvalue weighted by atomic mass is 10.1. The van der Waals surface area contributed by atoms with Gasteiger partial charge in [0.15, 0.2) is 9.84 Å². The maximum absolute atomic E-state index is 14.1. The van der Waals surface area contributed by atoms with Gasteiger partial charge in [-0.25, -0.2) is 12.8 Å². The van der Waals surface area contributed by atoms with Crippen molar-refractivity contribution in [2.45, 2.75) is 23.8 Å². The van der Waals surface area contributed by atoms with Crippen LogP contribution in [-0.2, 0) is 14.6 Å². The summed E-state index contributed by atoms with van der Waals surface area (Å²) in [6.07, 6.45) is 1.95. The highest BCUT2D eigenvalue weighted by Crippen LogP contribution is 2.28. The number of nitrogens with one attached hydrogen (secondary N) is 1. The van der Waals surface area contributed by atoms with Crippen LogP contribution < -0.4 is 10.1 Å². The Labute approximate surface area is 178 Å². The van der Waals surface area contributed by atoms with Crippen LogP contribution in [0.25, 0.3) is 0 Å². The third kappa shape index (κ3) is 4.57. The van der Waals surface area contributed by atoms with Gasteiger partial charge in [-0.2, -0.15) is 0 Å². The van der Waals surface area contributed by atoms with E-state index in [2.05, 4.69) is 5.32 Å². The maximum atomic E-state index is 14.1. The third-order valence-electron chi connectivity index (χ3n) is 4.83. The summed E-state index contributed by atoms with van der Waals surface area (Å²) in [5.74, 6) is -1.49. The molecule has 2 amide bonds. The number of hydrogen-bond acceptors (Lipinski definition) is 5. The predicted molar refractivity (Wildman–Crippen MR) is 110 cm³/mol. The van der Waals surface area contributed by atoms with E-state index in [9.17, 15) is 22.4 Å². The zero-order chi connectivity index (χ0) is 22.1. The zero-order valence-corrected chi connectivity index (χ0v) is 17.9. The van der Waals surface area contributed by atoms with Crippen LogP contribution in [0.3, 0.4) is 0 Å². The molecule has 0 aliphatic carbocycles. The number of methoxy groups -OCH3 is 1. The number of hydrogen-bond donors (Lipinski definition) is 1. The van der Waals surface area contributed by atoms with E-state index in [4.69, 9.17) is 16.3 Å². The molecule has 1 unspecified atom stereocenters. The minimum Gasteiger partial charge on any atom is -0.496 e. The summed E-state index contributed by atoms with van der Waals surface area (Å²) < 4.78 is 42.8. The number of amides is 2. The largest absolute Gasteiger partial charge is 0.496 e. The van der Waals surface area contributed by atoms with Gasteiger partial charge in [0.1, 0.15) is 17.6 Å². The second-order valence-corrected chi connectivity index (χ2v) is 9.36. The minimum absolute atomic E-state index is 0.123. The predicted octanol–water partition coefficient (Wildman–Crippen LogP) is 3.13. The molecule has 30 heavy (non-hydrogen) atoms. The molecule has 3 rings (SSSR count). The molecule has 2 aromatic carbocycles. The van der Waals surface area contributed by atoms with E-state index in [1.165, 1.54) is 18.1 Å². The van der Waals surface area contributed by atoms with Gasteiger partial charge in [-0.05, 0) is 49.2 Å². The minimum atomic E-state index is -3.58. The molecule has 160 valence electrons. The van der Waals surface area contributed by atoms with Crippen LogP contribution in [0, 0.1) is 5.82 Å². The highest BCUT2D eigenvalue weighted by molar-refractivity contribution is 7.90. The number of anilines is 1. The molecule has 1 heterocycles. The number of nitrogens with zero attached hydrogens (tertiary/aromatic N) is 1. The summed E-state index contributed by atoms with van der Waals surface area (Å²) in [6.45, 7) is 0.332. The fraction of sp³-hybridized carbons (Fsp3) is 0.300. The second kappa shape index (κ2) is 8.61. The van der Waals surface area contributed by atoms with Gasteiger partial charge in [-0.1, -0.05) is 11.6 Å². The molecule has 0 saturated carbocycles. The summed E-state index contributed by atoms with van der Waals surface area (Å²) in [7, 11) is -2.16. The number of benzene rings is 2. The van der Waals surface area contributed by atoms with Crippen LogP contribution in [0.4, 0.5) is 10.1 Å². The first-order chi connectivity index (χ1) is 14.1. The lowest BCUT2D eigenvalue weighted by molar-refractivity contribution is -0.119. The van der Waals surface area contributed by atoms with E-state index in [-0.39, 0.29) is 16.1 Å². The summed E-state index contributed by atoms with van der Waals surface area (Å²) in [4.78, 5) is 27.1. The molecule has 1 atom stereocenters. The molecule has 1 aliphatic heterocycles. The first-order valence-electron chi connectivity index (χ1n) is 9.07. The summed E-state index contributed by atoms with van der Waals surface area (Å²) >= 11 is 6.00. The summed E-state index contributed by atoms with van der Waals surface area (Å²) in [5, 5.41) is 2.76. The molecule has 0 radical (unpaired) electrons. The first-order valence-corrected chi connectivity index (χ1v) is 11.3. The fourth-order valence-electron chi connectivity index (χ4n) is 3.33. The lowest BCUT2D eigenvalue weighted by Crippen LogP contribution is -2.43. The maximum Gasteiger partial charge on any atom is 0.258 e. The average Bonchev–Trinajstić information content (AvgIpc) is 3.18. The number of rotatable bonds is 5. The molecule has 1 aliphatic rings. The molecule has 7 nitrogen and oxygen atoms in total. The molecule has 0 aromatic heterocycles. The van der Waals surface area contributed by atoms with Gasteiger partial charge in [0.2, 0.25) is 5.91 Å². The number of likely N-dealkylation sites (tertiary alicyclic amines) is 1. The van der Waals surface area contributed by atoms with E-state index in [0.717, 1.165) is 24.5 Å². The van der Waals surface area contributed by atoms with Crippen LogP contribution in [-0.4, -0.2) is 51.1 Å². The Bertz CT molecular complexity index is 1110. The van der Waals surface area contributed by atoms with Crippen molar-refractivity contribution in [3.05, 3.63) is 52.8 Å². The standard InChI is InChI=1S/C20H20ClFN2O5S/c1-29-18-8-5-12(21)10-14(18)20(26)24-9-3-4-17(24)19(25)23-16-11-13(30(2,27)28)6-7-15(16)22/h5-8,10-11,17H,3-4,9H2,1-2H3,(H,23,25). The summed E-state index contributed by atoms with van der Waals surface area (Å²) in [6, 6.07) is 6.92. The van der Waals surface area contributed by atoms with E-state index < -0.39 is 33.5 Å². The molecular weight excluding hydrogens is 435 g/mol. The van der Waals surface area contributed by atoms with Crippen molar-refractivity contribution in [3.63, 3.8) is 0 Å². The van der Waals surface area contributed by atoms with Gasteiger partial charge >= 0.3 is 0 Å². The van der Waals surface area contributed by atoms with Crippen LogP contribution >= 0.6 is 11.6 Å². The van der Waals surface area contributed by atoms with E-state index in [0.29, 0.717) is 30.2 Å². The van der Waals surface area contributed by atoms with Crippen molar-refractivity contribution in [3.8, 4) is 5.75 Å². The van der Waals surface area contributed by atoms with Gasteiger partial charge in [0.25, 0.3) is 5.91 Å². The lowest BCUT2D eigenvalue weighted by Gasteiger charge is -2.25. The zero-order valence-electron chi connectivity index (χ0n) is 16.3. The van der Waals surface area contributed by atoms with Crippen LogP contribution in [0.2, 0.25) is 5.02 Å². The van der Waals surface area contributed by atoms with Crippen molar-refractivity contribution < 1.29 is 27.1 Å². The number of halogens is 2. The number of carbonyl (C=O) groups is 2. The van der Waals surface area contributed by atoms with E-state index >= 15 is 0 Å². The van der Waals surface area contributed by atoms with Gasteiger partial charge in [-0.15, -0.1) is 0 Å². The van der Waals surface area contributed by atoms with Crippen molar-refractivity contribution >= 4 is 38.9 Å². The molecule has 2 aromatic rings. The highest BCUT2D eigenvalue weighted by atomic mass is 35.5. The first kappa shape index (κ1) is 22.0. The van der Waals surface area contributed by atoms with Gasteiger partial charge in [-0.3, -0.25) is 9.59 Å². The topological polar surface area (TPSA) is 92.8 Å². The van der Waals surface area contributed by atoms with Gasteiger partial charge in [0, 0.05) is 17.8 Å². The second-order valence-electron chi connectivity index (χ2n) is 6.90.